The number of phenolic OH excluding ortho intramolecular Hbond substituents is 1. The second-order valence-electron chi connectivity index (χ2n) is 6.52. The number of rotatable bonds is 4. The van der Waals surface area contributed by atoms with Crippen molar-refractivity contribution in [2.24, 2.45) is 0 Å². The van der Waals surface area contributed by atoms with Crippen LogP contribution >= 0.6 is 11.6 Å². The molecule has 0 saturated carbocycles. The van der Waals surface area contributed by atoms with E-state index in [4.69, 9.17) is 11.6 Å². The Morgan fingerprint density at radius 3 is 2.33 bits per heavy atom. The standard InChI is InChI=1S/C23H19ClN2O/c1-15-7-8-17-11-14-20(23(27)22(17)25-15)21(16-9-12-18(24)13-10-16)26-19-5-3-2-4-6-19/h2-14,21,26-27H,1H3. The van der Waals surface area contributed by atoms with Gasteiger partial charge in [-0.3, -0.25) is 0 Å². The maximum atomic E-state index is 11.0. The van der Waals surface area contributed by atoms with Crippen LogP contribution in [0.5, 0.6) is 5.75 Å². The second kappa shape index (κ2) is 7.29. The normalized spacial score (nSPS) is 12.1. The Hall–Kier alpha value is -3.04. The zero-order valence-corrected chi connectivity index (χ0v) is 15.6. The molecule has 4 heteroatoms. The van der Waals surface area contributed by atoms with Crippen molar-refractivity contribution in [3.8, 4) is 5.75 Å². The molecule has 1 unspecified atom stereocenters. The molecule has 134 valence electrons. The largest absolute Gasteiger partial charge is 0.505 e. The number of hydrogen-bond donors (Lipinski definition) is 2. The van der Waals surface area contributed by atoms with E-state index in [9.17, 15) is 5.11 Å². The summed E-state index contributed by atoms with van der Waals surface area (Å²) in [6.07, 6.45) is 0. The van der Waals surface area contributed by atoms with Crippen LogP contribution in [-0.2, 0) is 0 Å². The molecule has 3 nitrogen and oxygen atoms in total. The highest BCUT2D eigenvalue weighted by Crippen LogP contribution is 2.36. The molecule has 0 saturated heterocycles. The number of benzene rings is 3. The minimum Gasteiger partial charge on any atom is -0.505 e. The molecule has 4 aromatic rings. The number of para-hydroxylation sites is 1. The van der Waals surface area contributed by atoms with E-state index < -0.39 is 0 Å². The molecule has 1 atom stereocenters. The molecule has 0 bridgehead atoms. The minimum atomic E-state index is -0.239. The first-order chi connectivity index (χ1) is 13.1. The predicted octanol–water partition coefficient (Wildman–Crippen LogP) is 6.10. The Bertz CT molecular complexity index is 1080. The number of hydrogen-bond acceptors (Lipinski definition) is 3. The van der Waals surface area contributed by atoms with Gasteiger partial charge in [-0.25, -0.2) is 4.98 Å². The van der Waals surface area contributed by atoms with E-state index >= 15 is 0 Å². The fraction of sp³-hybridized carbons (Fsp3) is 0.0870. The number of aromatic hydroxyl groups is 1. The lowest BCUT2D eigenvalue weighted by Gasteiger charge is -2.22. The molecule has 0 radical (unpaired) electrons. The molecule has 3 aromatic carbocycles. The van der Waals surface area contributed by atoms with Crippen molar-refractivity contribution >= 4 is 28.2 Å². The van der Waals surface area contributed by atoms with Gasteiger partial charge in [0.05, 0.1) is 6.04 Å². The first-order valence-corrected chi connectivity index (χ1v) is 9.16. The van der Waals surface area contributed by atoms with Gasteiger partial charge in [-0.05, 0) is 42.8 Å². The van der Waals surface area contributed by atoms with Crippen molar-refractivity contribution in [2.45, 2.75) is 13.0 Å². The zero-order chi connectivity index (χ0) is 18.8. The third-order valence-electron chi connectivity index (χ3n) is 4.61. The highest BCUT2D eigenvalue weighted by atomic mass is 35.5. The first kappa shape index (κ1) is 17.4. The van der Waals surface area contributed by atoms with Crippen LogP contribution in [0.3, 0.4) is 0 Å². The SMILES string of the molecule is Cc1ccc2ccc(C(Nc3ccccc3)c3ccc(Cl)cc3)c(O)c2n1. The quantitative estimate of drug-likeness (QED) is 0.453. The number of nitrogens with zero attached hydrogens (tertiary/aromatic N) is 1. The van der Waals surface area contributed by atoms with Crippen LogP contribution in [0.4, 0.5) is 5.69 Å². The smallest absolute Gasteiger partial charge is 0.147 e. The van der Waals surface area contributed by atoms with Gasteiger partial charge in [-0.2, -0.15) is 0 Å². The van der Waals surface area contributed by atoms with Gasteiger partial charge in [0.25, 0.3) is 0 Å². The number of aromatic nitrogens is 1. The highest BCUT2D eigenvalue weighted by Gasteiger charge is 2.20. The molecule has 1 aromatic heterocycles. The number of nitrogens with one attached hydrogen (secondary N) is 1. The summed E-state index contributed by atoms with van der Waals surface area (Å²) < 4.78 is 0. The molecule has 4 rings (SSSR count). The Kier molecular flexibility index (Phi) is 4.69. The summed E-state index contributed by atoms with van der Waals surface area (Å²) in [6, 6.07) is 25.2. The van der Waals surface area contributed by atoms with Crippen LogP contribution in [-0.4, -0.2) is 10.1 Å². The monoisotopic (exact) mass is 374 g/mol. The Labute approximate surface area is 163 Å². The van der Waals surface area contributed by atoms with Crippen molar-refractivity contribution < 1.29 is 5.11 Å². The summed E-state index contributed by atoms with van der Waals surface area (Å²) in [7, 11) is 0. The van der Waals surface area contributed by atoms with E-state index in [0.29, 0.717) is 10.5 Å². The molecular weight excluding hydrogens is 356 g/mol. The first-order valence-electron chi connectivity index (χ1n) is 8.78. The highest BCUT2D eigenvalue weighted by molar-refractivity contribution is 6.30. The molecule has 0 aliphatic rings. The molecule has 0 amide bonds. The lowest BCUT2D eigenvalue weighted by Crippen LogP contribution is -2.12. The molecule has 1 heterocycles. The van der Waals surface area contributed by atoms with Crippen LogP contribution in [0.15, 0.2) is 78.9 Å². The average molecular weight is 375 g/mol. The fourth-order valence-electron chi connectivity index (χ4n) is 3.22. The topological polar surface area (TPSA) is 45.1 Å². The van der Waals surface area contributed by atoms with Gasteiger partial charge in [0.1, 0.15) is 11.3 Å². The van der Waals surface area contributed by atoms with Gasteiger partial charge >= 0.3 is 0 Å². The summed E-state index contributed by atoms with van der Waals surface area (Å²) in [5, 5.41) is 16.1. The Morgan fingerprint density at radius 2 is 1.59 bits per heavy atom. The van der Waals surface area contributed by atoms with Crippen LogP contribution in [0.1, 0.15) is 22.9 Å². The molecule has 0 aliphatic carbocycles. The number of aryl methyl sites for hydroxylation is 1. The summed E-state index contributed by atoms with van der Waals surface area (Å²) in [5.74, 6) is 0.194. The average Bonchev–Trinajstić information content (AvgIpc) is 2.69. The van der Waals surface area contributed by atoms with Crippen LogP contribution < -0.4 is 5.32 Å². The van der Waals surface area contributed by atoms with Crippen LogP contribution in [0.2, 0.25) is 5.02 Å². The number of pyridine rings is 1. The molecule has 27 heavy (non-hydrogen) atoms. The maximum Gasteiger partial charge on any atom is 0.147 e. The van der Waals surface area contributed by atoms with Crippen molar-refractivity contribution in [2.75, 3.05) is 5.32 Å². The van der Waals surface area contributed by atoms with Gasteiger partial charge in [0.15, 0.2) is 0 Å². The number of halogens is 1. The number of phenols is 1. The van der Waals surface area contributed by atoms with Gasteiger partial charge < -0.3 is 10.4 Å². The van der Waals surface area contributed by atoms with Crippen LogP contribution in [0, 0.1) is 6.92 Å². The van der Waals surface area contributed by atoms with Gasteiger partial charge in [0, 0.05) is 27.4 Å². The fourth-order valence-corrected chi connectivity index (χ4v) is 3.34. The second-order valence-corrected chi connectivity index (χ2v) is 6.96. The van der Waals surface area contributed by atoms with E-state index in [1.54, 1.807) is 0 Å². The van der Waals surface area contributed by atoms with Crippen molar-refractivity contribution in [1.29, 1.82) is 0 Å². The third-order valence-corrected chi connectivity index (χ3v) is 4.86. The maximum absolute atomic E-state index is 11.0. The van der Waals surface area contributed by atoms with E-state index in [1.165, 1.54) is 0 Å². The molecular formula is C23H19ClN2O. The lowest BCUT2D eigenvalue weighted by atomic mass is 9.96. The summed E-state index contributed by atoms with van der Waals surface area (Å²) in [5.41, 5.74) is 4.22. The third kappa shape index (κ3) is 3.60. The Morgan fingerprint density at radius 1 is 0.889 bits per heavy atom. The number of anilines is 1. The number of fused-ring (bicyclic) bond motifs is 1. The predicted molar refractivity (Wildman–Crippen MR) is 112 cm³/mol. The van der Waals surface area contributed by atoms with Crippen molar-refractivity contribution in [3.63, 3.8) is 0 Å². The molecule has 2 N–H and O–H groups in total. The van der Waals surface area contributed by atoms with E-state index in [-0.39, 0.29) is 11.8 Å². The summed E-state index contributed by atoms with van der Waals surface area (Å²) in [4.78, 5) is 4.53. The lowest BCUT2D eigenvalue weighted by molar-refractivity contribution is 0.471. The minimum absolute atomic E-state index is 0.194. The van der Waals surface area contributed by atoms with E-state index in [2.05, 4.69) is 10.3 Å². The van der Waals surface area contributed by atoms with E-state index in [0.717, 1.165) is 27.9 Å². The summed E-state index contributed by atoms with van der Waals surface area (Å²) in [6.45, 7) is 1.92. The van der Waals surface area contributed by atoms with Gasteiger partial charge in [-0.1, -0.05) is 60.1 Å². The van der Waals surface area contributed by atoms with E-state index in [1.807, 2.05) is 85.8 Å². The molecule has 0 aliphatic heterocycles. The molecule has 0 spiro atoms. The van der Waals surface area contributed by atoms with Gasteiger partial charge in [0.2, 0.25) is 0 Å². The van der Waals surface area contributed by atoms with Crippen molar-refractivity contribution in [3.05, 3.63) is 101 Å². The zero-order valence-electron chi connectivity index (χ0n) is 14.9. The molecule has 0 fully saturated rings. The Balaban J connectivity index is 1.86. The summed E-state index contributed by atoms with van der Waals surface area (Å²) >= 11 is 6.07. The van der Waals surface area contributed by atoms with Crippen molar-refractivity contribution in [1.82, 2.24) is 4.98 Å². The van der Waals surface area contributed by atoms with Crippen LogP contribution in [0.25, 0.3) is 10.9 Å². The van der Waals surface area contributed by atoms with Gasteiger partial charge in [-0.15, -0.1) is 0 Å².